The summed E-state index contributed by atoms with van der Waals surface area (Å²) in [6, 6.07) is 5.72. The Morgan fingerprint density at radius 2 is 1.93 bits per heavy atom. The van der Waals surface area contributed by atoms with Crippen molar-refractivity contribution in [3.05, 3.63) is 32.7 Å². The van der Waals surface area contributed by atoms with E-state index >= 15 is 0 Å². The van der Waals surface area contributed by atoms with Gasteiger partial charge in [-0.2, -0.15) is 0 Å². The van der Waals surface area contributed by atoms with E-state index in [2.05, 4.69) is 31.9 Å². The van der Waals surface area contributed by atoms with E-state index in [9.17, 15) is 5.11 Å². The van der Waals surface area contributed by atoms with Crippen LogP contribution in [0.1, 0.15) is 25.5 Å². The van der Waals surface area contributed by atoms with Gasteiger partial charge in [0, 0.05) is 27.0 Å². The van der Waals surface area contributed by atoms with Crippen molar-refractivity contribution in [3.8, 4) is 0 Å². The van der Waals surface area contributed by atoms with Crippen LogP contribution in [0.3, 0.4) is 0 Å². The summed E-state index contributed by atoms with van der Waals surface area (Å²) in [7, 11) is 0. The largest absolute Gasteiger partial charge is 0.396 e. The smallest absolute Gasteiger partial charge is 0.0500 e. The second kappa shape index (κ2) is 4.95. The number of aliphatic hydroxyl groups excluding tert-OH is 1. The number of halogens is 2. The lowest BCUT2D eigenvalue weighted by molar-refractivity contribution is 0.132. The molecular formula is C11H15Br2NO. The van der Waals surface area contributed by atoms with Crippen LogP contribution >= 0.6 is 31.9 Å². The van der Waals surface area contributed by atoms with Gasteiger partial charge in [0.05, 0.1) is 0 Å². The molecule has 0 aliphatic rings. The molecule has 3 N–H and O–H groups in total. The van der Waals surface area contributed by atoms with Crippen LogP contribution in [0.2, 0.25) is 0 Å². The molecule has 0 saturated carbocycles. The minimum absolute atomic E-state index is 0.0713. The molecule has 0 aliphatic heterocycles. The average molecular weight is 337 g/mol. The maximum Gasteiger partial charge on any atom is 0.0500 e. The summed E-state index contributed by atoms with van der Waals surface area (Å²) in [4.78, 5) is 0. The van der Waals surface area contributed by atoms with Crippen molar-refractivity contribution in [2.45, 2.75) is 19.9 Å². The lowest BCUT2D eigenvalue weighted by Crippen LogP contribution is -2.32. The Morgan fingerprint density at radius 3 is 2.40 bits per heavy atom. The van der Waals surface area contributed by atoms with E-state index in [0.717, 1.165) is 14.5 Å². The number of hydrogen-bond donors (Lipinski definition) is 2. The van der Waals surface area contributed by atoms with Crippen LogP contribution in [-0.4, -0.2) is 11.7 Å². The van der Waals surface area contributed by atoms with Crippen molar-refractivity contribution in [2.75, 3.05) is 6.61 Å². The molecule has 0 bridgehead atoms. The fourth-order valence-corrected chi connectivity index (χ4v) is 1.90. The Kier molecular flexibility index (Phi) is 4.35. The molecule has 0 amide bonds. The lowest BCUT2D eigenvalue weighted by atomic mass is 9.82. The predicted molar refractivity (Wildman–Crippen MR) is 69.6 cm³/mol. The van der Waals surface area contributed by atoms with E-state index in [-0.39, 0.29) is 18.1 Å². The summed E-state index contributed by atoms with van der Waals surface area (Å²) >= 11 is 6.85. The zero-order valence-electron chi connectivity index (χ0n) is 8.80. The molecule has 84 valence electrons. The molecule has 0 radical (unpaired) electrons. The van der Waals surface area contributed by atoms with Crippen LogP contribution in [0.15, 0.2) is 27.1 Å². The zero-order valence-corrected chi connectivity index (χ0v) is 12.0. The fourth-order valence-electron chi connectivity index (χ4n) is 1.26. The molecule has 0 spiro atoms. The molecule has 4 heteroatoms. The molecule has 1 atom stereocenters. The minimum atomic E-state index is -0.312. The highest BCUT2D eigenvalue weighted by molar-refractivity contribution is 9.13. The Balaban J connectivity index is 3.02. The molecule has 0 heterocycles. The van der Waals surface area contributed by atoms with Gasteiger partial charge in [-0.15, -0.1) is 0 Å². The van der Waals surface area contributed by atoms with E-state index in [1.807, 2.05) is 32.0 Å². The quantitative estimate of drug-likeness (QED) is 0.890. The van der Waals surface area contributed by atoms with Gasteiger partial charge in [0.25, 0.3) is 0 Å². The third-order valence-electron chi connectivity index (χ3n) is 2.55. The fraction of sp³-hybridized carbons (Fsp3) is 0.455. The van der Waals surface area contributed by atoms with Crippen molar-refractivity contribution in [1.82, 2.24) is 0 Å². The first-order valence-electron chi connectivity index (χ1n) is 4.70. The summed E-state index contributed by atoms with van der Waals surface area (Å²) in [6.07, 6.45) is 0. The standard InChI is InChI=1S/C11H15Br2NO/c1-11(2,6-15)10(14)7-3-4-8(12)9(13)5-7/h3-5,10,15H,6,14H2,1-2H3/t10-/m1/s1. The Hall–Kier alpha value is 0.1000. The van der Waals surface area contributed by atoms with E-state index in [4.69, 9.17) is 5.73 Å². The molecule has 1 rings (SSSR count). The number of benzene rings is 1. The van der Waals surface area contributed by atoms with Gasteiger partial charge in [-0.25, -0.2) is 0 Å². The number of hydrogen-bond acceptors (Lipinski definition) is 2. The average Bonchev–Trinajstić information content (AvgIpc) is 2.21. The SMILES string of the molecule is CC(C)(CO)[C@H](N)c1ccc(Br)c(Br)c1. The summed E-state index contributed by atoms with van der Waals surface area (Å²) in [5.41, 5.74) is 6.81. The number of aliphatic hydroxyl groups is 1. The Morgan fingerprint density at radius 1 is 1.33 bits per heavy atom. The lowest BCUT2D eigenvalue weighted by Gasteiger charge is -2.29. The van der Waals surface area contributed by atoms with Crippen LogP contribution < -0.4 is 5.73 Å². The molecule has 0 aliphatic carbocycles. The van der Waals surface area contributed by atoms with Gasteiger partial charge < -0.3 is 10.8 Å². The monoisotopic (exact) mass is 335 g/mol. The van der Waals surface area contributed by atoms with Crippen LogP contribution in [0.25, 0.3) is 0 Å². The van der Waals surface area contributed by atoms with Crippen LogP contribution in [-0.2, 0) is 0 Å². The van der Waals surface area contributed by atoms with Crippen LogP contribution in [0.5, 0.6) is 0 Å². The second-order valence-corrected chi connectivity index (χ2v) is 6.01. The summed E-state index contributed by atoms with van der Waals surface area (Å²) in [6.45, 7) is 3.98. The molecule has 0 fully saturated rings. The van der Waals surface area contributed by atoms with Crippen molar-refractivity contribution in [1.29, 1.82) is 0 Å². The molecule has 1 aromatic rings. The normalized spacial score (nSPS) is 14.0. The summed E-state index contributed by atoms with van der Waals surface area (Å²) in [5.74, 6) is 0. The first-order chi connectivity index (χ1) is 6.88. The number of rotatable bonds is 3. The Bertz CT molecular complexity index is 352. The topological polar surface area (TPSA) is 46.2 Å². The van der Waals surface area contributed by atoms with Gasteiger partial charge in [-0.05, 0) is 49.6 Å². The molecule has 0 aromatic heterocycles. The minimum Gasteiger partial charge on any atom is -0.396 e. The van der Waals surface area contributed by atoms with Gasteiger partial charge in [-0.3, -0.25) is 0 Å². The molecule has 15 heavy (non-hydrogen) atoms. The van der Waals surface area contributed by atoms with Crippen LogP contribution in [0, 0.1) is 5.41 Å². The van der Waals surface area contributed by atoms with Gasteiger partial charge in [-0.1, -0.05) is 19.9 Å². The molecule has 0 unspecified atom stereocenters. The van der Waals surface area contributed by atoms with Crippen molar-refractivity contribution >= 4 is 31.9 Å². The zero-order chi connectivity index (χ0) is 11.6. The van der Waals surface area contributed by atoms with E-state index < -0.39 is 0 Å². The molecule has 0 saturated heterocycles. The highest BCUT2D eigenvalue weighted by atomic mass is 79.9. The third kappa shape index (κ3) is 3.03. The van der Waals surface area contributed by atoms with Gasteiger partial charge >= 0.3 is 0 Å². The maximum atomic E-state index is 9.25. The van der Waals surface area contributed by atoms with Gasteiger partial charge in [0.15, 0.2) is 0 Å². The Labute approximate surface area is 107 Å². The highest BCUT2D eigenvalue weighted by Gasteiger charge is 2.27. The van der Waals surface area contributed by atoms with Crippen molar-refractivity contribution < 1.29 is 5.11 Å². The van der Waals surface area contributed by atoms with E-state index in [1.165, 1.54) is 0 Å². The summed E-state index contributed by atoms with van der Waals surface area (Å²) < 4.78 is 1.98. The van der Waals surface area contributed by atoms with Gasteiger partial charge in [0.1, 0.15) is 0 Å². The van der Waals surface area contributed by atoms with E-state index in [1.54, 1.807) is 0 Å². The maximum absolute atomic E-state index is 9.25. The number of nitrogens with two attached hydrogens (primary N) is 1. The van der Waals surface area contributed by atoms with Crippen molar-refractivity contribution in [2.24, 2.45) is 11.1 Å². The van der Waals surface area contributed by atoms with E-state index in [0.29, 0.717) is 0 Å². The molecule has 2 nitrogen and oxygen atoms in total. The van der Waals surface area contributed by atoms with Crippen LogP contribution in [0.4, 0.5) is 0 Å². The summed E-state index contributed by atoms with van der Waals surface area (Å²) in [5, 5.41) is 9.25. The third-order valence-corrected chi connectivity index (χ3v) is 4.43. The first-order valence-corrected chi connectivity index (χ1v) is 6.28. The highest BCUT2D eigenvalue weighted by Crippen LogP contribution is 2.33. The van der Waals surface area contributed by atoms with Gasteiger partial charge in [0.2, 0.25) is 0 Å². The first kappa shape index (κ1) is 13.2. The second-order valence-electron chi connectivity index (χ2n) is 4.30. The van der Waals surface area contributed by atoms with Crippen molar-refractivity contribution in [3.63, 3.8) is 0 Å². The predicted octanol–water partition coefficient (Wildman–Crippen LogP) is 3.23. The molecule has 1 aromatic carbocycles. The molecular weight excluding hydrogens is 322 g/mol.